The normalized spacial score (nSPS) is 11.0. The fourth-order valence-corrected chi connectivity index (χ4v) is 12.0. The van der Waals surface area contributed by atoms with Crippen molar-refractivity contribution in [1.29, 1.82) is 0 Å². The SMILES string of the molecule is C=CC=C.C=CC=C.CC.CCc1ccc(N(c2ccc(-c3c4ccccc4c4c5c(cccc35)-c3cc(N(c5ccc(CC)cc5)c5c6ccccc6cc6ccccc56)ccc3-4)cc2)c2c3ccccc3cc3ccccc23)cc1. The fraction of sp³-hybridized carbons (Fsp3) is 0.0750. The molecule has 0 N–H and O–H groups in total. The molecule has 0 amide bonds. The number of fused-ring (bicyclic) bond motifs is 9. The third kappa shape index (κ3) is 9.84. The zero-order valence-electron chi connectivity index (χ0n) is 47.5. The number of anilines is 6. The van der Waals surface area contributed by atoms with Crippen molar-refractivity contribution in [3.63, 3.8) is 0 Å². The molecule has 13 aromatic rings. The van der Waals surface area contributed by atoms with Gasteiger partial charge in [0.25, 0.3) is 0 Å². The summed E-state index contributed by atoms with van der Waals surface area (Å²) in [5.74, 6) is 0. The third-order valence-electron chi connectivity index (χ3n) is 15.8. The van der Waals surface area contributed by atoms with Gasteiger partial charge in [0, 0.05) is 44.3 Å². The molecule has 0 radical (unpaired) electrons. The highest BCUT2D eigenvalue weighted by molar-refractivity contribution is 6.29. The molecule has 14 rings (SSSR count). The number of hydrogen-bond donors (Lipinski definition) is 0. The lowest BCUT2D eigenvalue weighted by Crippen LogP contribution is -2.11. The summed E-state index contributed by atoms with van der Waals surface area (Å²) in [6.07, 6.45) is 8.54. The Bertz CT molecular complexity index is 4360. The lowest BCUT2D eigenvalue weighted by atomic mass is 9.88. The molecule has 0 saturated heterocycles. The molecule has 0 bridgehead atoms. The molecular formula is C80H68N2. The van der Waals surface area contributed by atoms with E-state index in [0.29, 0.717) is 0 Å². The molecule has 0 aromatic heterocycles. The van der Waals surface area contributed by atoms with Crippen LogP contribution in [0.1, 0.15) is 38.8 Å². The van der Waals surface area contributed by atoms with Gasteiger partial charge in [-0.15, -0.1) is 0 Å². The van der Waals surface area contributed by atoms with Gasteiger partial charge in [-0.25, -0.2) is 0 Å². The van der Waals surface area contributed by atoms with Crippen molar-refractivity contribution in [2.75, 3.05) is 9.80 Å². The second-order valence-electron chi connectivity index (χ2n) is 20.3. The summed E-state index contributed by atoms with van der Waals surface area (Å²) in [4.78, 5) is 4.97. The summed E-state index contributed by atoms with van der Waals surface area (Å²) in [6, 6.07) is 90.8. The van der Waals surface area contributed by atoms with E-state index in [4.69, 9.17) is 0 Å². The zero-order chi connectivity index (χ0) is 56.7. The van der Waals surface area contributed by atoms with Crippen molar-refractivity contribution < 1.29 is 0 Å². The van der Waals surface area contributed by atoms with Gasteiger partial charge in [0.1, 0.15) is 0 Å². The average Bonchev–Trinajstić information content (AvgIpc) is 2.07. The molecule has 2 heteroatoms. The van der Waals surface area contributed by atoms with Gasteiger partial charge in [0.2, 0.25) is 0 Å². The average molecular weight is 1060 g/mol. The fourth-order valence-electron chi connectivity index (χ4n) is 12.0. The van der Waals surface area contributed by atoms with Crippen LogP contribution < -0.4 is 9.80 Å². The van der Waals surface area contributed by atoms with Gasteiger partial charge < -0.3 is 9.80 Å². The van der Waals surface area contributed by atoms with Gasteiger partial charge >= 0.3 is 0 Å². The molecule has 13 aromatic carbocycles. The summed E-state index contributed by atoms with van der Waals surface area (Å²) < 4.78 is 0. The minimum Gasteiger partial charge on any atom is -0.309 e. The Morgan fingerprint density at radius 2 is 0.659 bits per heavy atom. The minimum absolute atomic E-state index is 0.993. The van der Waals surface area contributed by atoms with Crippen LogP contribution >= 0.6 is 0 Å². The van der Waals surface area contributed by atoms with Crippen molar-refractivity contribution in [3.05, 3.63) is 304 Å². The number of nitrogens with zero attached hydrogens (tertiary/aromatic N) is 2. The smallest absolute Gasteiger partial charge is 0.0618 e. The number of hydrogen-bond acceptors (Lipinski definition) is 2. The summed E-state index contributed by atoms with van der Waals surface area (Å²) >= 11 is 0. The van der Waals surface area contributed by atoms with Crippen molar-refractivity contribution in [1.82, 2.24) is 0 Å². The van der Waals surface area contributed by atoms with Crippen LogP contribution in [-0.2, 0) is 12.8 Å². The van der Waals surface area contributed by atoms with Crippen molar-refractivity contribution in [2.45, 2.75) is 40.5 Å². The Balaban J connectivity index is 0.000000659. The predicted octanol–water partition coefficient (Wildman–Crippen LogP) is 23.7. The Labute approximate surface area is 484 Å². The van der Waals surface area contributed by atoms with E-state index in [0.717, 1.165) is 35.6 Å². The maximum Gasteiger partial charge on any atom is 0.0618 e. The molecular weight excluding hydrogens is 989 g/mol. The van der Waals surface area contributed by atoms with Crippen LogP contribution in [0, 0.1) is 0 Å². The molecule has 2 nitrogen and oxygen atoms in total. The summed E-state index contributed by atoms with van der Waals surface area (Å²) in [5.41, 5.74) is 17.2. The van der Waals surface area contributed by atoms with Gasteiger partial charge in [0.05, 0.1) is 11.4 Å². The standard InChI is InChI=1S/C70H50N2.2C4H6.C2H6/c1-3-45-28-34-52(35-29-45)71(69-56-20-9-5-16-48(56)42-49-17-6-10-21-57(49)69)54-38-32-47(33-39-54)66-60-24-13-14-25-61(60)67-63-41-40-55(44-65(63)62-26-15-27-64(66)68(62)67)72(53-36-30-46(4-2)31-37-53)70-58-22-11-7-18-50(58)43-51-19-8-12-23-59(51)70;2*1-3-4-2;1-2/h5-44H,3-4H2,1-2H3;2*3-4H,1-2H2;1-2H3. The first-order valence-electron chi connectivity index (χ1n) is 28.8. The quantitative estimate of drug-likeness (QED) is 0.0941. The van der Waals surface area contributed by atoms with E-state index in [1.165, 1.54) is 121 Å². The maximum absolute atomic E-state index is 3.36. The molecule has 0 fully saturated rings. The first kappa shape index (κ1) is 54.0. The summed E-state index contributed by atoms with van der Waals surface area (Å²) in [7, 11) is 0. The molecule has 0 unspecified atom stereocenters. The van der Waals surface area contributed by atoms with E-state index in [1.54, 1.807) is 24.3 Å². The number of rotatable bonds is 11. The number of aryl methyl sites for hydroxylation is 2. The highest BCUT2D eigenvalue weighted by Crippen LogP contribution is 2.56. The largest absolute Gasteiger partial charge is 0.309 e. The molecule has 398 valence electrons. The Hall–Kier alpha value is -10.0. The summed E-state index contributed by atoms with van der Waals surface area (Å²) in [6.45, 7) is 21.9. The van der Waals surface area contributed by atoms with Gasteiger partial charge in [-0.05, 0) is 161 Å². The monoisotopic (exact) mass is 1060 g/mol. The molecule has 0 atom stereocenters. The second-order valence-corrected chi connectivity index (χ2v) is 20.3. The van der Waals surface area contributed by atoms with Crippen LogP contribution in [0.5, 0.6) is 0 Å². The van der Waals surface area contributed by atoms with Gasteiger partial charge in [-0.3, -0.25) is 0 Å². The molecule has 1 aliphatic carbocycles. The number of allylic oxidation sites excluding steroid dienone is 4. The van der Waals surface area contributed by atoms with Crippen LogP contribution in [0.3, 0.4) is 0 Å². The summed E-state index contributed by atoms with van der Waals surface area (Å²) in [5, 5.41) is 14.9. The van der Waals surface area contributed by atoms with E-state index in [9.17, 15) is 0 Å². The highest BCUT2D eigenvalue weighted by Gasteiger charge is 2.29. The number of benzene rings is 13. The third-order valence-corrected chi connectivity index (χ3v) is 15.8. The van der Waals surface area contributed by atoms with E-state index in [1.807, 2.05) is 13.8 Å². The second kappa shape index (κ2) is 24.1. The Morgan fingerprint density at radius 3 is 1.07 bits per heavy atom. The Kier molecular flexibility index (Phi) is 15.9. The molecule has 1 aliphatic rings. The van der Waals surface area contributed by atoms with Crippen molar-refractivity contribution >= 4 is 98.8 Å². The first-order valence-corrected chi connectivity index (χ1v) is 28.8. The van der Waals surface area contributed by atoms with Crippen molar-refractivity contribution in [2.24, 2.45) is 0 Å². The van der Waals surface area contributed by atoms with E-state index in [-0.39, 0.29) is 0 Å². The highest BCUT2D eigenvalue weighted by atomic mass is 15.2. The van der Waals surface area contributed by atoms with Crippen LogP contribution in [0.2, 0.25) is 0 Å². The molecule has 82 heavy (non-hydrogen) atoms. The van der Waals surface area contributed by atoms with Crippen LogP contribution in [0.25, 0.3) is 98.0 Å². The molecule has 0 aliphatic heterocycles. The van der Waals surface area contributed by atoms with E-state index < -0.39 is 0 Å². The van der Waals surface area contributed by atoms with Gasteiger partial charge in [0.15, 0.2) is 0 Å². The van der Waals surface area contributed by atoms with E-state index >= 15 is 0 Å². The predicted molar refractivity (Wildman–Crippen MR) is 362 cm³/mol. The lowest BCUT2D eigenvalue weighted by molar-refractivity contribution is 1.14. The van der Waals surface area contributed by atoms with Gasteiger partial charge in [-0.2, -0.15) is 0 Å². The minimum atomic E-state index is 0.993. The molecule has 0 saturated carbocycles. The van der Waals surface area contributed by atoms with Crippen LogP contribution in [0.4, 0.5) is 34.1 Å². The zero-order valence-corrected chi connectivity index (χ0v) is 47.5. The topological polar surface area (TPSA) is 6.48 Å². The molecule has 0 heterocycles. The van der Waals surface area contributed by atoms with E-state index in [2.05, 4.69) is 293 Å². The van der Waals surface area contributed by atoms with Crippen LogP contribution in [0.15, 0.2) is 293 Å². The maximum atomic E-state index is 3.36. The lowest BCUT2D eigenvalue weighted by Gasteiger charge is -2.29. The van der Waals surface area contributed by atoms with Crippen molar-refractivity contribution in [3.8, 4) is 33.4 Å². The van der Waals surface area contributed by atoms with Gasteiger partial charge in [-0.1, -0.05) is 260 Å². The first-order chi connectivity index (χ1) is 40.5. The van der Waals surface area contributed by atoms with Crippen LogP contribution in [-0.4, -0.2) is 0 Å². The molecule has 0 spiro atoms. The Morgan fingerprint density at radius 1 is 0.305 bits per heavy atom.